The Bertz CT molecular complexity index is 488. The number of para-hydroxylation sites is 2. The fourth-order valence-electron chi connectivity index (χ4n) is 2.60. The number of likely N-dealkylation sites (tertiary alicyclic amines) is 1. The minimum absolute atomic E-state index is 0.0967. The molecule has 0 radical (unpaired) electrons. The predicted molar refractivity (Wildman–Crippen MR) is 80.4 cm³/mol. The molecule has 20 heavy (non-hydrogen) atoms. The standard InChI is InChI=1S/C15H23N3O2/c1-11(18-9-5-8-15(2,20)10-18)14(19)17-13-7-4-3-6-12(13)16/h3-4,6-7,11,20H,5,8-10,16H2,1-2H3,(H,17,19). The molecule has 2 atom stereocenters. The summed E-state index contributed by atoms with van der Waals surface area (Å²) >= 11 is 0. The van der Waals surface area contributed by atoms with Gasteiger partial charge in [0, 0.05) is 6.54 Å². The van der Waals surface area contributed by atoms with E-state index in [1.807, 2.05) is 30.9 Å². The summed E-state index contributed by atoms with van der Waals surface area (Å²) in [7, 11) is 0. The number of β-amino-alcohol motifs (C(OH)–C–C–N with tert-alkyl or cyclic N) is 1. The molecule has 1 fully saturated rings. The molecule has 110 valence electrons. The molecule has 5 nitrogen and oxygen atoms in total. The Morgan fingerprint density at radius 2 is 2.20 bits per heavy atom. The molecule has 4 N–H and O–H groups in total. The van der Waals surface area contributed by atoms with E-state index in [0.29, 0.717) is 17.9 Å². The first-order valence-electron chi connectivity index (χ1n) is 7.01. The van der Waals surface area contributed by atoms with E-state index in [4.69, 9.17) is 5.73 Å². The number of rotatable bonds is 3. The van der Waals surface area contributed by atoms with Crippen LogP contribution in [0.2, 0.25) is 0 Å². The molecule has 2 unspecified atom stereocenters. The molecule has 0 saturated carbocycles. The van der Waals surface area contributed by atoms with Crippen LogP contribution in [-0.4, -0.2) is 40.6 Å². The van der Waals surface area contributed by atoms with Crippen LogP contribution in [-0.2, 0) is 4.79 Å². The van der Waals surface area contributed by atoms with Crippen LogP contribution < -0.4 is 11.1 Å². The third kappa shape index (κ3) is 3.49. The van der Waals surface area contributed by atoms with Gasteiger partial charge in [0.15, 0.2) is 0 Å². The van der Waals surface area contributed by atoms with Crippen molar-refractivity contribution in [2.45, 2.75) is 38.3 Å². The van der Waals surface area contributed by atoms with Crippen LogP contribution in [0.5, 0.6) is 0 Å². The normalized spacial score (nSPS) is 25.1. The Morgan fingerprint density at radius 1 is 1.50 bits per heavy atom. The van der Waals surface area contributed by atoms with Gasteiger partial charge in [0.05, 0.1) is 23.0 Å². The third-order valence-electron chi connectivity index (χ3n) is 3.85. The molecule has 0 bridgehead atoms. The number of amides is 1. The fourth-order valence-corrected chi connectivity index (χ4v) is 2.60. The van der Waals surface area contributed by atoms with Gasteiger partial charge in [-0.05, 0) is 45.4 Å². The molecule has 1 amide bonds. The maximum atomic E-state index is 12.3. The molecule has 1 aliphatic rings. The molecule has 0 spiro atoms. The summed E-state index contributed by atoms with van der Waals surface area (Å²) in [5.74, 6) is -0.0967. The summed E-state index contributed by atoms with van der Waals surface area (Å²) in [6, 6.07) is 6.91. The molecular weight excluding hydrogens is 254 g/mol. The van der Waals surface area contributed by atoms with Crippen molar-refractivity contribution in [1.29, 1.82) is 0 Å². The quantitative estimate of drug-likeness (QED) is 0.731. The summed E-state index contributed by atoms with van der Waals surface area (Å²) in [5.41, 5.74) is 6.30. The molecule has 1 aromatic carbocycles. The van der Waals surface area contributed by atoms with E-state index in [0.717, 1.165) is 19.4 Å². The Balaban J connectivity index is 2.00. The van der Waals surface area contributed by atoms with E-state index >= 15 is 0 Å². The molecular formula is C15H23N3O2. The Kier molecular flexibility index (Phi) is 4.30. The molecule has 5 heteroatoms. The number of nitrogens with two attached hydrogens (primary N) is 1. The first kappa shape index (κ1) is 14.8. The summed E-state index contributed by atoms with van der Waals surface area (Å²) in [4.78, 5) is 14.3. The van der Waals surface area contributed by atoms with Crippen molar-refractivity contribution in [2.24, 2.45) is 0 Å². The largest absolute Gasteiger partial charge is 0.397 e. The number of nitrogens with zero attached hydrogens (tertiary/aromatic N) is 1. The summed E-state index contributed by atoms with van der Waals surface area (Å²) in [5, 5.41) is 13.0. The molecule has 1 aliphatic heterocycles. The SMILES string of the molecule is CC(C(=O)Nc1ccccc1N)N1CCCC(C)(O)C1. The minimum Gasteiger partial charge on any atom is -0.397 e. The van der Waals surface area contributed by atoms with E-state index in [1.165, 1.54) is 0 Å². The molecule has 1 heterocycles. The summed E-state index contributed by atoms with van der Waals surface area (Å²) in [6.07, 6.45) is 1.68. The van der Waals surface area contributed by atoms with E-state index in [1.54, 1.807) is 12.1 Å². The van der Waals surface area contributed by atoms with Gasteiger partial charge in [-0.3, -0.25) is 9.69 Å². The second-order valence-corrected chi connectivity index (χ2v) is 5.82. The van der Waals surface area contributed by atoms with Crippen LogP contribution in [0.4, 0.5) is 11.4 Å². The lowest BCUT2D eigenvalue weighted by Gasteiger charge is -2.39. The molecule has 1 aromatic rings. The van der Waals surface area contributed by atoms with Gasteiger partial charge in [-0.15, -0.1) is 0 Å². The summed E-state index contributed by atoms with van der Waals surface area (Å²) in [6.45, 7) is 5.02. The zero-order valence-electron chi connectivity index (χ0n) is 12.1. The van der Waals surface area contributed by atoms with Crippen molar-refractivity contribution in [1.82, 2.24) is 4.90 Å². The number of hydrogen-bond donors (Lipinski definition) is 3. The number of hydrogen-bond acceptors (Lipinski definition) is 4. The lowest BCUT2D eigenvalue weighted by molar-refractivity contribution is -0.123. The van der Waals surface area contributed by atoms with Crippen molar-refractivity contribution in [3.8, 4) is 0 Å². The van der Waals surface area contributed by atoms with E-state index in [9.17, 15) is 9.90 Å². The number of carbonyl (C=O) groups is 1. The van der Waals surface area contributed by atoms with Crippen LogP contribution in [0.15, 0.2) is 24.3 Å². The van der Waals surface area contributed by atoms with Gasteiger partial charge in [-0.2, -0.15) is 0 Å². The van der Waals surface area contributed by atoms with Crippen molar-refractivity contribution in [2.75, 3.05) is 24.1 Å². The highest BCUT2D eigenvalue weighted by atomic mass is 16.3. The Morgan fingerprint density at radius 3 is 2.85 bits per heavy atom. The van der Waals surface area contributed by atoms with E-state index in [2.05, 4.69) is 5.32 Å². The number of piperidine rings is 1. The number of nitrogens with one attached hydrogen (secondary N) is 1. The van der Waals surface area contributed by atoms with Gasteiger partial charge in [0.25, 0.3) is 0 Å². The number of nitrogen functional groups attached to an aromatic ring is 1. The average Bonchev–Trinajstić information content (AvgIpc) is 2.39. The van der Waals surface area contributed by atoms with Crippen LogP contribution in [0.3, 0.4) is 0 Å². The lowest BCUT2D eigenvalue weighted by Crippen LogP contribution is -2.52. The minimum atomic E-state index is -0.710. The number of carbonyl (C=O) groups excluding carboxylic acids is 1. The number of aliphatic hydroxyl groups is 1. The topological polar surface area (TPSA) is 78.6 Å². The number of benzene rings is 1. The van der Waals surface area contributed by atoms with Gasteiger partial charge in [-0.25, -0.2) is 0 Å². The zero-order valence-corrected chi connectivity index (χ0v) is 12.1. The van der Waals surface area contributed by atoms with Crippen molar-refractivity contribution >= 4 is 17.3 Å². The van der Waals surface area contributed by atoms with Crippen molar-refractivity contribution in [3.05, 3.63) is 24.3 Å². The third-order valence-corrected chi connectivity index (χ3v) is 3.85. The highest BCUT2D eigenvalue weighted by Crippen LogP contribution is 2.23. The Hall–Kier alpha value is -1.59. The fraction of sp³-hybridized carbons (Fsp3) is 0.533. The van der Waals surface area contributed by atoms with Crippen LogP contribution in [0.25, 0.3) is 0 Å². The average molecular weight is 277 g/mol. The lowest BCUT2D eigenvalue weighted by atomic mass is 9.94. The van der Waals surface area contributed by atoms with Crippen LogP contribution >= 0.6 is 0 Å². The highest BCUT2D eigenvalue weighted by Gasteiger charge is 2.33. The second-order valence-electron chi connectivity index (χ2n) is 5.82. The second kappa shape index (κ2) is 5.81. The molecule has 0 aliphatic carbocycles. The summed E-state index contributed by atoms with van der Waals surface area (Å²) < 4.78 is 0. The number of anilines is 2. The van der Waals surface area contributed by atoms with Gasteiger partial charge in [-0.1, -0.05) is 12.1 Å². The predicted octanol–water partition coefficient (Wildman–Crippen LogP) is 1.44. The Labute approximate surface area is 119 Å². The van der Waals surface area contributed by atoms with E-state index in [-0.39, 0.29) is 11.9 Å². The monoisotopic (exact) mass is 277 g/mol. The van der Waals surface area contributed by atoms with Crippen molar-refractivity contribution < 1.29 is 9.90 Å². The van der Waals surface area contributed by atoms with Crippen LogP contribution in [0, 0.1) is 0 Å². The smallest absolute Gasteiger partial charge is 0.241 e. The van der Waals surface area contributed by atoms with Crippen molar-refractivity contribution in [3.63, 3.8) is 0 Å². The van der Waals surface area contributed by atoms with Gasteiger partial charge in [0.1, 0.15) is 0 Å². The van der Waals surface area contributed by atoms with E-state index < -0.39 is 5.60 Å². The zero-order chi connectivity index (χ0) is 14.8. The maximum Gasteiger partial charge on any atom is 0.241 e. The van der Waals surface area contributed by atoms with Gasteiger partial charge >= 0.3 is 0 Å². The first-order valence-corrected chi connectivity index (χ1v) is 7.01. The molecule has 0 aromatic heterocycles. The first-order chi connectivity index (χ1) is 9.39. The van der Waals surface area contributed by atoms with Gasteiger partial charge < -0.3 is 16.2 Å². The maximum absolute atomic E-state index is 12.3. The molecule has 2 rings (SSSR count). The highest BCUT2D eigenvalue weighted by molar-refractivity contribution is 5.97. The van der Waals surface area contributed by atoms with Gasteiger partial charge in [0.2, 0.25) is 5.91 Å². The molecule has 1 saturated heterocycles. The van der Waals surface area contributed by atoms with Crippen LogP contribution in [0.1, 0.15) is 26.7 Å².